The summed E-state index contributed by atoms with van der Waals surface area (Å²) in [5.74, 6) is -3.36. The number of carbonyl (C=O) groups is 3. The number of Topliss-reactive ketones (excluding diaryl/α,β-unsaturated/α-hetero) is 2. The minimum absolute atomic E-state index is 0.0238. The van der Waals surface area contributed by atoms with Crippen LogP contribution in [-0.4, -0.2) is 72.0 Å². The summed E-state index contributed by atoms with van der Waals surface area (Å²) >= 11 is 1.79. The standard InChI is InChI=1S/C23H21IN2O7/c1-4-9-5-6-12(27)14-11(9)7-10-8-22(24)18(26(2)3)17(29)15(21(25)32)20(31)23(22,33)19(30)13(10)16(14)28/h1,5-6,10,18,27-28,31,33H,7-8H2,2-3H3,(H2,25,32)/t10-,18+,22+,23-/m0/s1. The van der Waals surface area contributed by atoms with Crippen LogP contribution in [0.1, 0.15) is 23.1 Å². The number of aliphatic hydroxyl groups is 3. The van der Waals surface area contributed by atoms with Crippen LogP contribution in [-0.2, 0) is 20.8 Å². The summed E-state index contributed by atoms with van der Waals surface area (Å²) in [6.45, 7) is 0. The Balaban J connectivity index is 2.06. The second-order valence-corrected chi connectivity index (χ2v) is 10.6. The van der Waals surface area contributed by atoms with E-state index >= 15 is 0 Å². The van der Waals surface area contributed by atoms with Gasteiger partial charge in [0.25, 0.3) is 5.91 Å². The van der Waals surface area contributed by atoms with Crippen molar-refractivity contribution in [2.24, 2.45) is 11.7 Å². The van der Waals surface area contributed by atoms with E-state index in [2.05, 4.69) is 5.92 Å². The Hall–Kier alpha value is -2.88. The van der Waals surface area contributed by atoms with Crippen LogP contribution >= 0.6 is 22.6 Å². The van der Waals surface area contributed by atoms with Gasteiger partial charge in [-0.25, -0.2) is 0 Å². The second kappa shape index (κ2) is 7.31. The minimum Gasteiger partial charge on any atom is -0.508 e. The smallest absolute Gasteiger partial charge is 0.255 e. The van der Waals surface area contributed by atoms with Crippen molar-refractivity contribution in [1.29, 1.82) is 0 Å². The summed E-state index contributed by atoms with van der Waals surface area (Å²) in [5, 5.41) is 44.1. The third-order valence-electron chi connectivity index (χ3n) is 6.79. The van der Waals surface area contributed by atoms with Gasteiger partial charge in [-0.1, -0.05) is 28.5 Å². The van der Waals surface area contributed by atoms with Crippen LogP contribution in [0.25, 0.3) is 5.76 Å². The van der Waals surface area contributed by atoms with Crippen molar-refractivity contribution in [3.05, 3.63) is 45.7 Å². The molecule has 0 radical (unpaired) electrons. The molecule has 1 aromatic carbocycles. The fourth-order valence-corrected chi connectivity index (χ4v) is 7.29. The lowest BCUT2D eigenvalue weighted by Crippen LogP contribution is -2.74. The van der Waals surface area contributed by atoms with E-state index in [1.165, 1.54) is 17.0 Å². The molecule has 1 aromatic rings. The first kappa shape index (κ1) is 23.3. The maximum atomic E-state index is 13.8. The van der Waals surface area contributed by atoms with Gasteiger partial charge in [0, 0.05) is 11.1 Å². The molecular weight excluding hydrogens is 543 g/mol. The van der Waals surface area contributed by atoms with Gasteiger partial charge in [0.05, 0.1) is 15.0 Å². The lowest BCUT2D eigenvalue weighted by atomic mass is 9.57. The summed E-state index contributed by atoms with van der Waals surface area (Å²) in [5.41, 5.74) is 2.38. The molecular formula is C23H21IN2O7. The predicted molar refractivity (Wildman–Crippen MR) is 125 cm³/mol. The van der Waals surface area contributed by atoms with Crippen molar-refractivity contribution < 1.29 is 34.8 Å². The Labute approximate surface area is 202 Å². The number of carbonyl (C=O) groups excluding carboxylic acids is 3. The number of terminal acetylenes is 1. The molecule has 0 aromatic heterocycles. The lowest BCUT2D eigenvalue weighted by molar-refractivity contribution is -0.147. The number of ketones is 2. The van der Waals surface area contributed by atoms with E-state index in [0.29, 0.717) is 11.1 Å². The molecule has 172 valence electrons. The maximum Gasteiger partial charge on any atom is 0.255 e. The number of aromatic hydroxyl groups is 1. The molecule has 0 saturated heterocycles. The molecule has 3 aliphatic carbocycles. The number of likely N-dealkylation sites (N-methyl/N-ethyl adjacent to an activating group) is 1. The van der Waals surface area contributed by atoms with Gasteiger partial charge >= 0.3 is 0 Å². The van der Waals surface area contributed by atoms with Crippen molar-refractivity contribution >= 4 is 45.8 Å². The van der Waals surface area contributed by atoms with Crippen LogP contribution in [0.4, 0.5) is 0 Å². The number of benzene rings is 1. The Bertz CT molecular complexity index is 1260. The Morgan fingerprint density at radius 2 is 1.91 bits per heavy atom. The van der Waals surface area contributed by atoms with E-state index in [4.69, 9.17) is 12.2 Å². The highest BCUT2D eigenvalue weighted by molar-refractivity contribution is 14.1. The van der Waals surface area contributed by atoms with Crippen LogP contribution in [0.2, 0.25) is 0 Å². The molecule has 0 unspecified atom stereocenters. The van der Waals surface area contributed by atoms with Gasteiger partial charge in [-0.15, -0.1) is 6.42 Å². The van der Waals surface area contributed by atoms with Crippen molar-refractivity contribution in [3.63, 3.8) is 0 Å². The highest BCUT2D eigenvalue weighted by Crippen LogP contribution is 2.58. The number of nitrogens with zero attached hydrogens (tertiary/aromatic N) is 1. The van der Waals surface area contributed by atoms with Gasteiger partial charge in [-0.3, -0.25) is 19.3 Å². The maximum absolute atomic E-state index is 13.8. The molecule has 1 saturated carbocycles. The molecule has 0 heterocycles. The number of primary amides is 1. The number of hydrogen-bond donors (Lipinski definition) is 5. The fraction of sp³-hybridized carbons (Fsp3) is 0.348. The van der Waals surface area contributed by atoms with Crippen molar-refractivity contribution in [1.82, 2.24) is 4.90 Å². The molecule has 4 atom stereocenters. The van der Waals surface area contributed by atoms with E-state index in [1.807, 2.05) is 0 Å². The summed E-state index contributed by atoms with van der Waals surface area (Å²) in [4.78, 5) is 40.5. The lowest BCUT2D eigenvalue weighted by Gasteiger charge is -2.55. The average molecular weight is 564 g/mol. The normalized spacial score (nSPS) is 31.2. The first-order chi connectivity index (χ1) is 15.3. The molecule has 3 aliphatic rings. The van der Waals surface area contributed by atoms with Crippen LogP contribution in [0.3, 0.4) is 0 Å². The number of halogens is 1. The monoisotopic (exact) mass is 564 g/mol. The van der Waals surface area contributed by atoms with E-state index in [1.54, 1.807) is 36.7 Å². The zero-order valence-electron chi connectivity index (χ0n) is 17.7. The molecule has 0 bridgehead atoms. The van der Waals surface area contributed by atoms with Crippen LogP contribution in [0, 0.1) is 18.3 Å². The number of alkyl halides is 1. The van der Waals surface area contributed by atoms with Gasteiger partial charge in [0.1, 0.15) is 22.8 Å². The van der Waals surface area contributed by atoms with E-state index in [9.17, 15) is 34.8 Å². The van der Waals surface area contributed by atoms with Gasteiger partial charge in [-0.2, -0.15) is 0 Å². The summed E-state index contributed by atoms with van der Waals surface area (Å²) in [6.07, 6.45) is 5.71. The van der Waals surface area contributed by atoms with Gasteiger partial charge in [-0.05, 0) is 50.6 Å². The number of amides is 1. The van der Waals surface area contributed by atoms with Crippen LogP contribution < -0.4 is 5.73 Å². The fourth-order valence-electron chi connectivity index (χ4n) is 5.42. The Kier molecular flexibility index (Phi) is 5.16. The van der Waals surface area contributed by atoms with E-state index < -0.39 is 55.5 Å². The minimum atomic E-state index is -2.72. The zero-order valence-corrected chi connectivity index (χ0v) is 19.9. The molecule has 10 heteroatoms. The van der Waals surface area contributed by atoms with Crippen LogP contribution in [0.15, 0.2) is 29.0 Å². The summed E-state index contributed by atoms with van der Waals surface area (Å²) in [7, 11) is 3.09. The highest BCUT2D eigenvalue weighted by Gasteiger charge is 2.71. The first-order valence-corrected chi connectivity index (χ1v) is 11.1. The summed E-state index contributed by atoms with van der Waals surface area (Å²) in [6, 6.07) is 1.62. The van der Waals surface area contributed by atoms with E-state index in [-0.39, 0.29) is 29.7 Å². The number of fused-ring (bicyclic) bond motifs is 3. The third kappa shape index (κ3) is 2.76. The molecule has 0 spiro atoms. The summed E-state index contributed by atoms with van der Waals surface area (Å²) < 4.78 is -1.61. The first-order valence-electron chi connectivity index (χ1n) is 9.98. The molecule has 4 rings (SSSR count). The number of hydrogen-bond acceptors (Lipinski definition) is 8. The Morgan fingerprint density at radius 1 is 1.27 bits per heavy atom. The largest absolute Gasteiger partial charge is 0.508 e. The van der Waals surface area contributed by atoms with Crippen molar-refractivity contribution in [2.45, 2.75) is 27.9 Å². The van der Waals surface area contributed by atoms with Crippen molar-refractivity contribution in [2.75, 3.05) is 14.1 Å². The number of phenols is 1. The second-order valence-electron chi connectivity index (χ2n) is 8.72. The number of aliphatic hydroxyl groups excluding tert-OH is 2. The average Bonchev–Trinajstić information content (AvgIpc) is 2.70. The SMILES string of the molecule is C#Cc1ccc(O)c2c1C[C@H]1C[C@@]3(I)[C@H](N(C)C)C(=O)C(C(N)=O)=C(O)[C@@]3(O)C(=O)C1=C2O. The third-order valence-corrected chi connectivity index (χ3v) is 8.60. The number of rotatable bonds is 2. The molecule has 9 nitrogen and oxygen atoms in total. The molecule has 1 amide bonds. The van der Waals surface area contributed by atoms with Crippen LogP contribution in [0.5, 0.6) is 5.75 Å². The highest BCUT2D eigenvalue weighted by atomic mass is 127. The molecule has 6 N–H and O–H groups in total. The van der Waals surface area contributed by atoms with Gasteiger partial charge in [0.15, 0.2) is 5.78 Å². The van der Waals surface area contributed by atoms with Gasteiger partial charge < -0.3 is 26.2 Å². The van der Waals surface area contributed by atoms with Crippen molar-refractivity contribution in [3.8, 4) is 18.1 Å². The topological polar surface area (TPSA) is 161 Å². The predicted octanol–water partition coefficient (Wildman–Crippen LogP) is 0.503. The number of phenolic OH excluding ortho intramolecular Hbond substituents is 1. The van der Waals surface area contributed by atoms with Gasteiger partial charge in [0.2, 0.25) is 11.4 Å². The quantitative estimate of drug-likeness (QED) is 0.150. The van der Waals surface area contributed by atoms with E-state index in [0.717, 1.165) is 0 Å². The molecule has 33 heavy (non-hydrogen) atoms. The zero-order chi connectivity index (χ0) is 24.6. The molecule has 0 aliphatic heterocycles. The Morgan fingerprint density at radius 3 is 2.45 bits per heavy atom. The molecule has 1 fully saturated rings. The number of nitrogens with two attached hydrogens (primary N) is 1.